The molecule has 0 saturated carbocycles. The zero-order valence-electron chi connectivity index (χ0n) is 7.96. The van der Waals surface area contributed by atoms with Gasteiger partial charge in [0.1, 0.15) is 5.78 Å². The Morgan fingerprint density at radius 3 is 2.25 bits per heavy atom. The lowest BCUT2D eigenvalue weighted by Gasteiger charge is -2.00. The van der Waals surface area contributed by atoms with Gasteiger partial charge in [-0.15, -0.1) is 0 Å². The molecule has 0 aliphatic carbocycles. The van der Waals surface area contributed by atoms with Crippen molar-refractivity contribution < 1.29 is 9.59 Å². The van der Waals surface area contributed by atoms with E-state index in [1.54, 1.807) is 13.0 Å². The fourth-order valence-corrected chi connectivity index (χ4v) is 0.804. The summed E-state index contributed by atoms with van der Waals surface area (Å²) < 4.78 is 0. The highest BCUT2D eigenvalue weighted by Crippen LogP contribution is 2.02. The molecule has 0 aliphatic heterocycles. The molecule has 0 aliphatic rings. The van der Waals surface area contributed by atoms with Crippen molar-refractivity contribution in [3.05, 3.63) is 12.2 Å². The van der Waals surface area contributed by atoms with Gasteiger partial charge in [-0.2, -0.15) is 0 Å². The number of rotatable bonds is 5. The van der Waals surface area contributed by atoms with Crippen LogP contribution < -0.4 is 0 Å². The van der Waals surface area contributed by atoms with Crippen LogP contribution in [0.4, 0.5) is 0 Å². The monoisotopic (exact) mass is 168 g/mol. The second kappa shape index (κ2) is 5.70. The maximum atomic E-state index is 11.1. The smallest absolute Gasteiger partial charge is 0.155 e. The van der Waals surface area contributed by atoms with Gasteiger partial charge in [0.2, 0.25) is 0 Å². The van der Waals surface area contributed by atoms with E-state index in [-0.39, 0.29) is 17.5 Å². The summed E-state index contributed by atoms with van der Waals surface area (Å²) in [6.45, 7) is 5.49. The first kappa shape index (κ1) is 11.1. The fraction of sp³-hybridized carbons (Fsp3) is 0.600. The maximum absolute atomic E-state index is 11.1. The molecule has 0 aromatic carbocycles. The maximum Gasteiger partial charge on any atom is 0.155 e. The molecule has 2 nitrogen and oxygen atoms in total. The quantitative estimate of drug-likeness (QED) is 0.589. The normalized spacial score (nSPS) is 11.0. The number of hydrogen-bond donors (Lipinski definition) is 0. The van der Waals surface area contributed by atoms with Crippen LogP contribution in [-0.2, 0) is 9.59 Å². The molecule has 0 atom stereocenters. The van der Waals surface area contributed by atoms with E-state index in [1.165, 1.54) is 6.08 Å². The second-order valence-electron chi connectivity index (χ2n) is 3.09. The molecule has 0 amide bonds. The van der Waals surface area contributed by atoms with E-state index in [2.05, 4.69) is 0 Å². The summed E-state index contributed by atoms with van der Waals surface area (Å²) in [6.07, 6.45) is 3.93. The Morgan fingerprint density at radius 1 is 1.25 bits per heavy atom. The summed E-state index contributed by atoms with van der Waals surface area (Å²) in [7, 11) is 0. The van der Waals surface area contributed by atoms with Crippen LogP contribution in [0.15, 0.2) is 12.2 Å². The van der Waals surface area contributed by atoms with E-state index in [1.807, 2.05) is 13.8 Å². The van der Waals surface area contributed by atoms with Crippen molar-refractivity contribution in [3.8, 4) is 0 Å². The molecule has 0 fully saturated rings. The van der Waals surface area contributed by atoms with E-state index >= 15 is 0 Å². The Bertz CT molecular complexity index is 190. The first-order chi connectivity index (χ1) is 5.57. The Morgan fingerprint density at radius 2 is 1.83 bits per heavy atom. The molecule has 68 valence electrons. The van der Waals surface area contributed by atoms with E-state index in [9.17, 15) is 9.59 Å². The van der Waals surface area contributed by atoms with Crippen LogP contribution in [-0.4, -0.2) is 11.6 Å². The number of Topliss-reactive ketones (excluding diaryl/α,β-unsaturated/α-hetero) is 1. The predicted molar refractivity (Wildman–Crippen MR) is 48.9 cm³/mol. The first-order valence-electron chi connectivity index (χ1n) is 4.26. The molecule has 0 rings (SSSR count). The third-order valence-corrected chi connectivity index (χ3v) is 1.61. The lowest BCUT2D eigenvalue weighted by atomic mass is 10.0. The predicted octanol–water partition coefficient (Wildman–Crippen LogP) is 2.14. The molecule has 0 radical (unpaired) electrons. The van der Waals surface area contributed by atoms with Crippen molar-refractivity contribution in [1.82, 2.24) is 0 Å². The molecule has 2 heteroatoms. The average molecular weight is 168 g/mol. The zero-order chi connectivity index (χ0) is 9.56. The van der Waals surface area contributed by atoms with Crippen LogP contribution in [0.25, 0.3) is 0 Å². The van der Waals surface area contributed by atoms with Crippen LogP contribution in [0.1, 0.15) is 33.6 Å². The van der Waals surface area contributed by atoms with Crippen LogP contribution in [0.5, 0.6) is 0 Å². The molecule has 0 N–H and O–H groups in total. The van der Waals surface area contributed by atoms with Gasteiger partial charge in [0, 0.05) is 18.8 Å². The van der Waals surface area contributed by atoms with Gasteiger partial charge in [-0.1, -0.05) is 19.9 Å². The van der Waals surface area contributed by atoms with Gasteiger partial charge < -0.3 is 0 Å². The zero-order valence-corrected chi connectivity index (χ0v) is 7.96. The van der Waals surface area contributed by atoms with Crippen molar-refractivity contribution in [1.29, 1.82) is 0 Å². The van der Waals surface area contributed by atoms with Crippen LogP contribution in [0.2, 0.25) is 0 Å². The van der Waals surface area contributed by atoms with Gasteiger partial charge in [-0.25, -0.2) is 0 Å². The molecule has 12 heavy (non-hydrogen) atoms. The molecular formula is C10H16O2. The fourth-order valence-electron chi connectivity index (χ4n) is 0.804. The minimum Gasteiger partial charge on any atom is -0.299 e. The first-order valence-corrected chi connectivity index (χ1v) is 4.26. The van der Waals surface area contributed by atoms with E-state index < -0.39 is 0 Å². The Balaban J connectivity index is 3.69. The number of carbonyl (C=O) groups is 2. The summed E-state index contributed by atoms with van der Waals surface area (Å²) >= 11 is 0. The summed E-state index contributed by atoms with van der Waals surface area (Å²) in [5, 5.41) is 0. The largest absolute Gasteiger partial charge is 0.299 e. The standard InChI is InChI=1S/C10H16O2/c1-4-5-9(11)6-7-10(12)8(2)3/h4-5,8H,6-7H2,1-3H3. The van der Waals surface area contributed by atoms with Crippen molar-refractivity contribution in [3.63, 3.8) is 0 Å². The highest BCUT2D eigenvalue weighted by molar-refractivity contribution is 5.93. The lowest BCUT2D eigenvalue weighted by Crippen LogP contribution is -2.08. The van der Waals surface area contributed by atoms with Crippen LogP contribution in [0.3, 0.4) is 0 Å². The van der Waals surface area contributed by atoms with Gasteiger partial charge in [0.05, 0.1) is 0 Å². The Hall–Kier alpha value is -0.920. The molecule has 0 unspecified atom stereocenters. The topological polar surface area (TPSA) is 34.1 Å². The molecule has 0 aromatic heterocycles. The summed E-state index contributed by atoms with van der Waals surface area (Å²) in [5.41, 5.74) is 0. The number of ketones is 2. The molecule has 0 saturated heterocycles. The molecule has 0 heterocycles. The SMILES string of the molecule is CC=CC(=O)CCC(=O)C(C)C. The van der Waals surface area contributed by atoms with Gasteiger partial charge in [0.25, 0.3) is 0 Å². The van der Waals surface area contributed by atoms with Gasteiger partial charge in [-0.05, 0) is 13.0 Å². The highest BCUT2D eigenvalue weighted by Gasteiger charge is 2.08. The van der Waals surface area contributed by atoms with Gasteiger partial charge >= 0.3 is 0 Å². The summed E-state index contributed by atoms with van der Waals surface area (Å²) in [6, 6.07) is 0. The number of carbonyl (C=O) groups excluding carboxylic acids is 2. The Kier molecular flexibility index (Phi) is 5.26. The minimum absolute atomic E-state index is 0.0338. The van der Waals surface area contributed by atoms with E-state index in [4.69, 9.17) is 0 Å². The molecule has 0 spiro atoms. The van der Waals surface area contributed by atoms with E-state index in [0.29, 0.717) is 12.8 Å². The van der Waals surface area contributed by atoms with E-state index in [0.717, 1.165) is 0 Å². The minimum atomic E-state index is 0.0338. The summed E-state index contributed by atoms with van der Waals surface area (Å²) in [4.78, 5) is 22.0. The lowest BCUT2D eigenvalue weighted by molar-refractivity contribution is -0.124. The second-order valence-corrected chi connectivity index (χ2v) is 3.09. The van der Waals surface area contributed by atoms with Crippen LogP contribution >= 0.6 is 0 Å². The molecule has 0 aromatic rings. The van der Waals surface area contributed by atoms with Crippen molar-refractivity contribution >= 4 is 11.6 Å². The number of hydrogen-bond acceptors (Lipinski definition) is 2. The summed E-state index contributed by atoms with van der Waals surface area (Å²) in [5.74, 6) is 0.239. The molecule has 0 bridgehead atoms. The Labute approximate surface area is 73.7 Å². The highest BCUT2D eigenvalue weighted by atomic mass is 16.1. The van der Waals surface area contributed by atoms with Crippen molar-refractivity contribution in [2.75, 3.05) is 0 Å². The van der Waals surface area contributed by atoms with Gasteiger partial charge in [-0.3, -0.25) is 9.59 Å². The third kappa shape index (κ3) is 4.83. The average Bonchev–Trinajstić information content (AvgIpc) is 2.00. The number of allylic oxidation sites excluding steroid dienone is 2. The molecular weight excluding hydrogens is 152 g/mol. The third-order valence-electron chi connectivity index (χ3n) is 1.61. The van der Waals surface area contributed by atoms with Gasteiger partial charge in [0.15, 0.2) is 5.78 Å². The van der Waals surface area contributed by atoms with Crippen LogP contribution in [0, 0.1) is 5.92 Å². The van der Waals surface area contributed by atoms with Crippen molar-refractivity contribution in [2.45, 2.75) is 33.6 Å². The van der Waals surface area contributed by atoms with Crippen molar-refractivity contribution in [2.24, 2.45) is 5.92 Å².